The van der Waals surface area contributed by atoms with Gasteiger partial charge in [0.25, 0.3) is 5.56 Å². The SMILES string of the molecule is Cc1ccc2cc[nH]c(=O)c2c1-c1c(Cl)c2c3c(ncnc3c1F)N1C[C@@H](C)NC[C@H]1CO2. The van der Waals surface area contributed by atoms with Gasteiger partial charge in [0, 0.05) is 36.5 Å². The Balaban J connectivity index is 1.71. The highest BCUT2D eigenvalue weighted by Crippen LogP contribution is 2.49. The molecule has 0 unspecified atom stereocenters. The number of hydrogen-bond acceptors (Lipinski definition) is 6. The van der Waals surface area contributed by atoms with Crippen molar-refractivity contribution in [1.82, 2.24) is 20.3 Å². The van der Waals surface area contributed by atoms with Gasteiger partial charge >= 0.3 is 0 Å². The van der Waals surface area contributed by atoms with E-state index in [0.29, 0.717) is 53.0 Å². The minimum atomic E-state index is -0.591. The van der Waals surface area contributed by atoms with E-state index >= 15 is 4.39 Å². The number of H-pyrrole nitrogens is 1. The molecule has 0 bridgehead atoms. The van der Waals surface area contributed by atoms with E-state index in [-0.39, 0.29) is 33.7 Å². The third-order valence-corrected chi connectivity index (χ3v) is 6.97. The van der Waals surface area contributed by atoms with E-state index in [1.165, 1.54) is 6.33 Å². The van der Waals surface area contributed by atoms with Crippen molar-refractivity contribution in [1.29, 1.82) is 0 Å². The molecule has 1 fully saturated rings. The molecule has 0 spiro atoms. The van der Waals surface area contributed by atoms with Crippen LogP contribution in [0.5, 0.6) is 5.75 Å². The van der Waals surface area contributed by atoms with E-state index < -0.39 is 5.82 Å². The molecule has 4 aromatic rings. The fraction of sp³-hybridized carbons (Fsp3) is 0.292. The fourth-order valence-electron chi connectivity index (χ4n) is 5.01. The third-order valence-electron chi connectivity index (χ3n) is 6.61. The number of nitrogens with zero attached hydrogens (tertiary/aromatic N) is 3. The molecule has 2 aromatic carbocycles. The van der Waals surface area contributed by atoms with Gasteiger partial charge in [0.1, 0.15) is 24.3 Å². The zero-order valence-electron chi connectivity index (χ0n) is 18.1. The molecule has 0 amide bonds. The van der Waals surface area contributed by atoms with Crippen molar-refractivity contribution in [3.8, 4) is 16.9 Å². The van der Waals surface area contributed by atoms with Crippen LogP contribution in [0.15, 0.2) is 35.5 Å². The highest BCUT2D eigenvalue weighted by atomic mass is 35.5. The Kier molecular flexibility index (Phi) is 4.57. The summed E-state index contributed by atoms with van der Waals surface area (Å²) in [5, 5.41) is 5.12. The minimum absolute atomic E-state index is 0.0245. The van der Waals surface area contributed by atoms with Crippen molar-refractivity contribution >= 4 is 39.1 Å². The maximum absolute atomic E-state index is 16.2. The number of ether oxygens (including phenoxy) is 1. The number of aromatic nitrogens is 3. The predicted molar refractivity (Wildman–Crippen MR) is 127 cm³/mol. The lowest BCUT2D eigenvalue weighted by molar-refractivity contribution is 0.263. The first kappa shape index (κ1) is 20.4. The number of fused-ring (bicyclic) bond motifs is 3. The van der Waals surface area contributed by atoms with Gasteiger partial charge in [-0.25, -0.2) is 14.4 Å². The van der Waals surface area contributed by atoms with E-state index in [0.717, 1.165) is 5.56 Å². The summed E-state index contributed by atoms with van der Waals surface area (Å²) in [4.78, 5) is 26.4. The number of nitrogens with one attached hydrogen (secondary N) is 2. The second-order valence-electron chi connectivity index (χ2n) is 8.71. The van der Waals surface area contributed by atoms with Crippen LogP contribution >= 0.6 is 11.6 Å². The first-order valence-electron chi connectivity index (χ1n) is 10.9. The molecule has 0 aliphatic carbocycles. The molecule has 2 atom stereocenters. The Hall–Kier alpha value is -3.23. The highest BCUT2D eigenvalue weighted by Gasteiger charge is 2.35. The summed E-state index contributed by atoms with van der Waals surface area (Å²) in [7, 11) is 0. The van der Waals surface area contributed by atoms with Crippen LogP contribution < -0.4 is 20.5 Å². The number of aromatic amines is 1. The summed E-state index contributed by atoms with van der Waals surface area (Å²) < 4.78 is 22.4. The Morgan fingerprint density at radius 2 is 2.06 bits per heavy atom. The lowest BCUT2D eigenvalue weighted by Gasteiger charge is -2.38. The molecule has 0 saturated carbocycles. The molecule has 2 aromatic heterocycles. The van der Waals surface area contributed by atoms with Crippen molar-refractivity contribution in [2.45, 2.75) is 25.9 Å². The van der Waals surface area contributed by atoms with Crippen LogP contribution in [-0.4, -0.2) is 46.7 Å². The van der Waals surface area contributed by atoms with Gasteiger partial charge in [0.2, 0.25) is 0 Å². The monoisotopic (exact) mass is 465 g/mol. The number of halogens is 2. The molecule has 2 aliphatic heterocycles. The van der Waals surface area contributed by atoms with E-state index in [4.69, 9.17) is 16.3 Å². The van der Waals surface area contributed by atoms with Gasteiger partial charge in [-0.1, -0.05) is 23.7 Å². The molecule has 0 radical (unpaired) electrons. The first-order chi connectivity index (χ1) is 16.0. The van der Waals surface area contributed by atoms with Gasteiger partial charge in [0.15, 0.2) is 11.6 Å². The van der Waals surface area contributed by atoms with Crippen molar-refractivity contribution in [3.05, 3.63) is 57.5 Å². The summed E-state index contributed by atoms with van der Waals surface area (Å²) in [5.41, 5.74) is 1.11. The highest BCUT2D eigenvalue weighted by molar-refractivity contribution is 6.37. The summed E-state index contributed by atoms with van der Waals surface area (Å²) >= 11 is 6.89. The lowest BCUT2D eigenvalue weighted by Crippen LogP contribution is -2.57. The number of pyridine rings is 1. The third kappa shape index (κ3) is 2.94. The first-order valence-corrected chi connectivity index (χ1v) is 11.2. The zero-order valence-corrected chi connectivity index (χ0v) is 18.8. The molecule has 4 heterocycles. The summed E-state index contributed by atoms with van der Waals surface area (Å²) in [6.07, 6.45) is 2.95. The minimum Gasteiger partial charge on any atom is -0.489 e. The Labute approximate surface area is 193 Å². The van der Waals surface area contributed by atoms with Crippen molar-refractivity contribution < 1.29 is 9.13 Å². The van der Waals surface area contributed by atoms with Gasteiger partial charge in [0.05, 0.1) is 21.8 Å². The standard InChI is InChI=1S/C24H21ClFN5O2/c1-11-3-4-13-5-6-27-24(32)16(13)15(11)17-19(25)22-18-21(20(17)26)29-10-30-23(18)31-8-12(2)28-7-14(31)9-33-22/h3-6,10,12,14,28H,7-9H2,1-2H3,(H,27,32)/t12-,14+/m1/s1. The van der Waals surface area contributed by atoms with Gasteiger partial charge < -0.3 is 19.9 Å². The average molecular weight is 466 g/mol. The van der Waals surface area contributed by atoms with Crippen LogP contribution in [-0.2, 0) is 0 Å². The molecule has 33 heavy (non-hydrogen) atoms. The fourth-order valence-corrected chi connectivity index (χ4v) is 5.34. The topological polar surface area (TPSA) is 83.1 Å². The molecule has 168 valence electrons. The van der Waals surface area contributed by atoms with Crippen LogP contribution in [0.2, 0.25) is 5.02 Å². The average Bonchev–Trinajstić information content (AvgIpc) is 2.97. The largest absolute Gasteiger partial charge is 0.489 e. The van der Waals surface area contributed by atoms with Crippen LogP contribution in [0.4, 0.5) is 10.2 Å². The van der Waals surface area contributed by atoms with Crippen LogP contribution in [0.1, 0.15) is 12.5 Å². The maximum atomic E-state index is 16.2. The molecule has 2 aliphatic rings. The molecule has 6 rings (SSSR count). The lowest BCUT2D eigenvalue weighted by atomic mass is 9.93. The second kappa shape index (κ2) is 7.40. The Morgan fingerprint density at radius 3 is 2.91 bits per heavy atom. The molecule has 2 N–H and O–H groups in total. The van der Waals surface area contributed by atoms with Crippen molar-refractivity contribution in [2.75, 3.05) is 24.6 Å². The van der Waals surface area contributed by atoms with E-state index in [1.807, 2.05) is 19.1 Å². The smallest absolute Gasteiger partial charge is 0.256 e. The van der Waals surface area contributed by atoms with Gasteiger partial charge in [-0.05, 0) is 30.9 Å². The van der Waals surface area contributed by atoms with E-state index in [1.54, 1.807) is 12.3 Å². The van der Waals surface area contributed by atoms with Crippen LogP contribution in [0, 0.1) is 12.7 Å². The quantitative estimate of drug-likeness (QED) is 0.445. The number of rotatable bonds is 1. The van der Waals surface area contributed by atoms with Gasteiger partial charge in [-0.3, -0.25) is 4.79 Å². The van der Waals surface area contributed by atoms with Crippen molar-refractivity contribution in [3.63, 3.8) is 0 Å². The summed E-state index contributed by atoms with van der Waals surface area (Å²) in [5.74, 6) is 0.377. The Morgan fingerprint density at radius 1 is 1.21 bits per heavy atom. The summed E-state index contributed by atoms with van der Waals surface area (Å²) in [6.45, 7) is 5.71. The molecule has 7 nitrogen and oxygen atoms in total. The summed E-state index contributed by atoms with van der Waals surface area (Å²) in [6, 6.07) is 5.75. The van der Waals surface area contributed by atoms with E-state index in [9.17, 15) is 4.79 Å². The number of hydrogen-bond donors (Lipinski definition) is 2. The number of piperazine rings is 1. The van der Waals surface area contributed by atoms with Crippen molar-refractivity contribution in [2.24, 2.45) is 0 Å². The number of benzene rings is 2. The molecule has 1 saturated heterocycles. The van der Waals surface area contributed by atoms with E-state index in [2.05, 4.69) is 32.1 Å². The number of aryl methyl sites for hydroxylation is 1. The van der Waals surface area contributed by atoms with Crippen LogP contribution in [0.25, 0.3) is 32.8 Å². The van der Waals surface area contributed by atoms with Gasteiger partial charge in [-0.15, -0.1) is 0 Å². The van der Waals surface area contributed by atoms with Crippen LogP contribution in [0.3, 0.4) is 0 Å². The second-order valence-corrected chi connectivity index (χ2v) is 9.09. The molecular formula is C24H21ClFN5O2. The maximum Gasteiger partial charge on any atom is 0.256 e. The zero-order chi connectivity index (χ0) is 22.9. The molecule has 9 heteroatoms. The Bertz CT molecular complexity index is 1500. The molecular weight excluding hydrogens is 445 g/mol. The number of anilines is 1. The normalized spacial score (nSPS) is 19.9. The van der Waals surface area contributed by atoms with Gasteiger partial charge in [-0.2, -0.15) is 0 Å². The predicted octanol–water partition coefficient (Wildman–Crippen LogP) is 3.80.